The lowest BCUT2D eigenvalue weighted by atomic mass is 10.1. The van der Waals surface area contributed by atoms with Gasteiger partial charge in [0.05, 0.1) is 0 Å². The number of carbonyl (C=O) groups is 3. The Morgan fingerprint density at radius 2 is 0.732 bits per heavy atom. The average Bonchev–Trinajstić information content (AvgIpc) is 3.19. The number of rotatable bonds is 41. The summed E-state index contributed by atoms with van der Waals surface area (Å²) in [6, 6.07) is 0. The van der Waals surface area contributed by atoms with Gasteiger partial charge in [-0.25, -0.2) is 0 Å². The van der Waals surface area contributed by atoms with E-state index in [2.05, 4.69) is 81.5 Å². The van der Waals surface area contributed by atoms with Gasteiger partial charge in [0.25, 0.3) is 0 Å². The molecule has 0 radical (unpaired) electrons. The fourth-order valence-corrected chi connectivity index (χ4v) is 6.26. The highest BCUT2D eigenvalue weighted by molar-refractivity contribution is 5.71. The van der Waals surface area contributed by atoms with Crippen LogP contribution in [0, 0.1) is 0 Å². The van der Waals surface area contributed by atoms with Crippen molar-refractivity contribution in [2.24, 2.45) is 0 Å². The Kier molecular flexibility index (Phi) is 42.5. The van der Waals surface area contributed by atoms with E-state index in [0.29, 0.717) is 19.3 Å². The molecule has 1 atom stereocenters. The van der Waals surface area contributed by atoms with Crippen LogP contribution < -0.4 is 0 Å². The van der Waals surface area contributed by atoms with E-state index in [1.165, 1.54) is 70.6 Å². The fraction of sp³-hybridized carbons (Fsp3) is 0.740. The molecule has 0 fully saturated rings. The number of allylic oxidation sites excluding steroid dienone is 10. The highest BCUT2D eigenvalue weighted by Gasteiger charge is 2.19. The lowest BCUT2D eigenvalue weighted by molar-refractivity contribution is -0.167. The molecule has 1 unspecified atom stereocenters. The summed E-state index contributed by atoms with van der Waals surface area (Å²) in [4.78, 5) is 37.4. The van der Waals surface area contributed by atoms with Crippen LogP contribution in [0.3, 0.4) is 0 Å². The van der Waals surface area contributed by atoms with Gasteiger partial charge in [0.1, 0.15) is 13.2 Å². The molecule has 56 heavy (non-hydrogen) atoms. The molecule has 0 saturated heterocycles. The van der Waals surface area contributed by atoms with Crippen molar-refractivity contribution in [3.05, 3.63) is 60.8 Å². The van der Waals surface area contributed by atoms with Gasteiger partial charge in [-0.05, 0) is 77.0 Å². The predicted molar refractivity (Wildman–Crippen MR) is 238 cm³/mol. The lowest BCUT2D eigenvalue weighted by Crippen LogP contribution is -2.30. The van der Waals surface area contributed by atoms with Crippen molar-refractivity contribution in [3.63, 3.8) is 0 Å². The Hall–Kier alpha value is -2.89. The van der Waals surface area contributed by atoms with E-state index >= 15 is 0 Å². The summed E-state index contributed by atoms with van der Waals surface area (Å²) in [6.45, 7) is 6.36. The van der Waals surface area contributed by atoms with E-state index in [-0.39, 0.29) is 31.1 Å². The van der Waals surface area contributed by atoms with Crippen LogP contribution in [-0.4, -0.2) is 37.2 Å². The standard InChI is InChI=1S/C50H86O6/c1-4-7-10-13-15-17-19-20-21-22-23-24-25-26-27-28-29-30-31-33-34-37-40-43-49(52)55-46-47(45-54-48(51)42-39-36-12-9-6-3)56-50(53)44-41-38-35-32-18-16-14-11-8-5-2/h7,10-11,14-15,17,20-21,23-24,47H,4-6,8-9,12-13,16,18-19,22,25-46H2,1-3H3/b10-7-,14-11-,17-15-,21-20-,24-23-. The van der Waals surface area contributed by atoms with Gasteiger partial charge in [-0.2, -0.15) is 0 Å². The summed E-state index contributed by atoms with van der Waals surface area (Å²) < 4.78 is 16.6. The third-order valence-electron chi connectivity index (χ3n) is 9.74. The second-order valence-corrected chi connectivity index (χ2v) is 15.3. The first-order valence-corrected chi connectivity index (χ1v) is 23.3. The van der Waals surface area contributed by atoms with Gasteiger partial charge < -0.3 is 14.2 Å². The summed E-state index contributed by atoms with van der Waals surface area (Å²) in [6.07, 6.45) is 53.9. The van der Waals surface area contributed by atoms with Crippen LogP contribution in [0.15, 0.2) is 60.8 Å². The van der Waals surface area contributed by atoms with Gasteiger partial charge >= 0.3 is 17.9 Å². The highest BCUT2D eigenvalue weighted by Crippen LogP contribution is 2.14. The largest absolute Gasteiger partial charge is 0.462 e. The van der Waals surface area contributed by atoms with Crippen LogP contribution in [-0.2, 0) is 28.6 Å². The van der Waals surface area contributed by atoms with Crippen LogP contribution in [0.2, 0.25) is 0 Å². The van der Waals surface area contributed by atoms with Gasteiger partial charge in [-0.1, -0.05) is 184 Å². The highest BCUT2D eigenvalue weighted by atomic mass is 16.6. The molecule has 0 aromatic heterocycles. The molecule has 0 aliphatic rings. The smallest absolute Gasteiger partial charge is 0.306 e. The first-order valence-electron chi connectivity index (χ1n) is 23.3. The number of hydrogen-bond acceptors (Lipinski definition) is 6. The molecule has 0 aromatic rings. The molecular formula is C50H86O6. The Morgan fingerprint density at radius 1 is 0.375 bits per heavy atom. The molecule has 322 valence electrons. The van der Waals surface area contributed by atoms with Crippen LogP contribution in [0.25, 0.3) is 0 Å². The third kappa shape index (κ3) is 42.3. The number of carbonyl (C=O) groups excluding carboxylic acids is 3. The maximum absolute atomic E-state index is 12.6. The van der Waals surface area contributed by atoms with Gasteiger partial charge in [0, 0.05) is 19.3 Å². The van der Waals surface area contributed by atoms with Gasteiger partial charge in [-0.3, -0.25) is 14.4 Å². The van der Waals surface area contributed by atoms with Crippen LogP contribution >= 0.6 is 0 Å². The van der Waals surface area contributed by atoms with Crippen LogP contribution in [0.1, 0.15) is 220 Å². The van der Waals surface area contributed by atoms with E-state index in [1.807, 2.05) is 0 Å². The molecular weight excluding hydrogens is 697 g/mol. The molecule has 6 nitrogen and oxygen atoms in total. The van der Waals surface area contributed by atoms with E-state index in [0.717, 1.165) is 109 Å². The zero-order valence-corrected chi connectivity index (χ0v) is 36.6. The molecule has 0 aliphatic heterocycles. The Morgan fingerprint density at radius 3 is 1.18 bits per heavy atom. The summed E-state index contributed by atoms with van der Waals surface area (Å²) in [5.74, 6) is -0.912. The second kappa shape index (κ2) is 44.8. The van der Waals surface area contributed by atoms with Crippen molar-refractivity contribution in [1.82, 2.24) is 0 Å². The predicted octanol–water partition coefficient (Wildman–Crippen LogP) is 14.9. The minimum Gasteiger partial charge on any atom is -0.462 e. The molecule has 0 rings (SSSR count). The van der Waals surface area contributed by atoms with Crippen LogP contribution in [0.5, 0.6) is 0 Å². The zero-order valence-electron chi connectivity index (χ0n) is 36.6. The van der Waals surface area contributed by atoms with Crippen LogP contribution in [0.4, 0.5) is 0 Å². The quantitative estimate of drug-likeness (QED) is 0.0266. The van der Waals surface area contributed by atoms with Crippen molar-refractivity contribution < 1.29 is 28.6 Å². The third-order valence-corrected chi connectivity index (χ3v) is 9.74. The maximum atomic E-state index is 12.6. The minimum absolute atomic E-state index is 0.0797. The van der Waals surface area contributed by atoms with Crippen molar-refractivity contribution in [1.29, 1.82) is 0 Å². The van der Waals surface area contributed by atoms with Gasteiger partial charge in [-0.15, -0.1) is 0 Å². The molecule has 6 heteroatoms. The average molecular weight is 783 g/mol. The zero-order chi connectivity index (χ0) is 40.8. The molecule has 0 aromatic carbocycles. The maximum Gasteiger partial charge on any atom is 0.306 e. The van der Waals surface area contributed by atoms with Crippen molar-refractivity contribution in [2.75, 3.05) is 13.2 Å². The van der Waals surface area contributed by atoms with Gasteiger partial charge in [0.2, 0.25) is 0 Å². The molecule has 0 saturated carbocycles. The number of esters is 3. The summed E-state index contributed by atoms with van der Waals surface area (Å²) in [5, 5.41) is 0. The minimum atomic E-state index is -0.773. The van der Waals surface area contributed by atoms with E-state index < -0.39 is 6.10 Å². The number of hydrogen-bond donors (Lipinski definition) is 0. The first kappa shape index (κ1) is 53.1. The Bertz CT molecular complexity index is 1040. The summed E-state index contributed by atoms with van der Waals surface area (Å²) in [5.41, 5.74) is 0. The monoisotopic (exact) mass is 783 g/mol. The molecule has 0 N–H and O–H groups in total. The van der Waals surface area contributed by atoms with E-state index in [1.54, 1.807) is 0 Å². The second-order valence-electron chi connectivity index (χ2n) is 15.3. The van der Waals surface area contributed by atoms with Crippen molar-refractivity contribution in [2.45, 2.75) is 226 Å². The first-order chi connectivity index (χ1) is 27.5. The van der Waals surface area contributed by atoms with Gasteiger partial charge in [0.15, 0.2) is 6.10 Å². The SMILES string of the molecule is CC/C=C\C/C=C\C/C=C\C/C=C\CCCCCCCCCCCCC(=O)OCC(COC(=O)CCCCCCC)OC(=O)CCCCCCC/C=C\CCC. The lowest BCUT2D eigenvalue weighted by Gasteiger charge is -2.18. The normalized spacial score (nSPS) is 12.6. The van der Waals surface area contributed by atoms with Crippen molar-refractivity contribution >= 4 is 17.9 Å². The number of ether oxygens (including phenoxy) is 3. The molecule has 0 aliphatic carbocycles. The molecule has 0 amide bonds. The summed E-state index contributed by atoms with van der Waals surface area (Å²) in [7, 11) is 0. The molecule has 0 heterocycles. The topological polar surface area (TPSA) is 78.9 Å². The molecule has 0 spiro atoms. The fourth-order valence-electron chi connectivity index (χ4n) is 6.26. The van der Waals surface area contributed by atoms with E-state index in [4.69, 9.17) is 14.2 Å². The summed E-state index contributed by atoms with van der Waals surface area (Å²) >= 11 is 0. The Labute approximate surface area is 345 Å². The Balaban J connectivity index is 4.10. The van der Waals surface area contributed by atoms with E-state index in [9.17, 15) is 14.4 Å². The van der Waals surface area contributed by atoms with Crippen molar-refractivity contribution in [3.8, 4) is 0 Å². The molecule has 0 bridgehead atoms. The number of unbranched alkanes of at least 4 members (excludes halogenated alkanes) is 20.